The molecule has 2 N–H and O–H groups in total. The summed E-state index contributed by atoms with van der Waals surface area (Å²) in [6.45, 7) is 5.39. The van der Waals surface area contributed by atoms with Gasteiger partial charge in [-0.25, -0.2) is 14.2 Å². The maximum Gasteiger partial charge on any atom is 0.315 e. The Balaban J connectivity index is 1.76. The van der Waals surface area contributed by atoms with E-state index in [0.717, 1.165) is 16.2 Å². The summed E-state index contributed by atoms with van der Waals surface area (Å²) in [5, 5.41) is 13.2. The standard InChI is InChI=1S/C20H23FN4O2S/c1-20(2,3)23-19(27)22-12-18(26)25-16(13-6-8-14(21)9-7-13)11-15(24-25)17-5-4-10-28-17/h4-10,16H,11-12H2,1-3H3,(H2,22,23,27)/t16-/m0/s1. The molecule has 0 radical (unpaired) electrons. The molecule has 0 bridgehead atoms. The first kappa shape index (κ1) is 20.0. The monoisotopic (exact) mass is 402 g/mol. The zero-order valence-electron chi connectivity index (χ0n) is 16.0. The highest BCUT2D eigenvalue weighted by Gasteiger charge is 2.33. The molecule has 1 aromatic heterocycles. The van der Waals surface area contributed by atoms with Crippen molar-refractivity contribution in [1.29, 1.82) is 0 Å². The van der Waals surface area contributed by atoms with Crippen LogP contribution in [0.2, 0.25) is 0 Å². The van der Waals surface area contributed by atoms with E-state index >= 15 is 0 Å². The highest BCUT2D eigenvalue weighted by Crippen LogP contribution is 2.33. The van der Waals surface area contributed by atoms with Gasteiger partial charge in [0.05, 0.1) is 16.6 Å². The molecule has 0 spiro atoms. The van der Waals surface area contributed by atoms with Gasteiger partial charge in [-0.2, -0.15) is 5.10 Å². The molecule has 6 nitrogen and oxygen atoms in total. The molecule has 2 aromatic rings. The zero-order valence-corrected chi connectivity index (χ0v) is 16.8. The lowest BCUT2D eigenvalue weighted by Gasteiger charge is -2.23. The van der Waals surface area contributed by atoms with Crippen LogP contribution in [0.1, 0.15) is 43.7 Å². The minimum Gasteiger partial charge on any atom is -0.334 e. The van der Waals surface area contributed by atoms with Crippen molar-refractivity contribution in [3.05, 3.63) is 58.0 Å². The number of nitrogens with one attached hydrogen (secondary N) is 2. The van der Waals surface area contributed by atoms with Crippen LogP contribution in [0.15, 0.2) is 46.9 Å². The number of benzene rings is 1. The molecular weight excluding hydrogens is 379 g/mol. The van der Waals surface area contributed by atoms with Gasteiger partial charge >= 0.3 is 6.03 Å². The summed E-state index contributed by atoms with van der Waals surface area (Å²) < 4.78 is 13.3. The SMILES string of the molecule is CC(C)(C)NC(=O)NCC(=O)N1N=C(c2cccs2)C[C@H]1c1ccc(F)cc1. The Kier molecular flexibility index (Phi) is 5.79. The van der Waals surface area contributed by atoms with Crippen molar-refractivity contribution in [1.82, 2.24) is 15.6 Å². The Bertz CT molecular complexity index is 873. The van der Waals surface area contributed by atoms with Gasteiger partial charge in [0.25, 0.3) is 5.91 Å². The number of thiophene rings is 1. The van der Waals surface area contributed by atoms with Gasteiger partial charge < -0.3 is 10.6 Å². The second-order valence-corrected chi connectivity index (χ2v) is 8.54. The molecule has 0 saturated carbocycles. The number of amides is 3. The number of hydrogen-bond donors (Lipinski definition) is 2. The minimum absolute atomic E-state index is 0.180. The number of carbonyl (C=O) groups is 2. The minimum atomic E-state index is -0.416. The first-order valence-corrected chi connectivity index (χ1v) is 9.86. The van der Waals surface area contributed by atoms with Crippen LogP contribution in [0.3, 0.4) is 0 Å². The Hall–Kier alpha value is -2.74. The maximum atomic E-state index is 13.3. The van der Waals surface area contributed by atoms with Gasteiger partial charge in [-0.1, -0.05) is 18.2 Å². The number of hydrogen-bond acceptors (Lipinski definition) is 4. The molecule has 0 fully saturated rings. The van der Waals surface area contributed by atoms with Crippen LogP contribution in [-0.2, 0) is 4.79 Å². The summed E-state index contributed by atoms with van der Waals surface area (Å²) in [6.07, 6.45) is 0.534. The smallest absolute Gasteiger partial charge is 0.315 e. The molecular formula is C20H23FN4O2S. The quantitative estimate of drug-likeness (QED) is 0.819. The number of halogens is 1. The van der Waals surface area contributed by atoms with E-state index in [2.05, 4.69) is 15.7 Å². The van der Waals surface area contributed by atoms with E-state index in [-0.39, 0.29) is 24.3 Å². The van der Waals surface area contributed by atoms with Gasteiger partial charge in [0.15, 0.2) is 0 Å². The summed E-state index contributed by atoms with van der Waals surface area (Å²) in [6, 6.07) is 9.19. The highest BCUT2D eigenvalue weighted by molar-refractivity contribution is 7.12. The Morgan fingerprint density at radius 3 is 2.57 bits per heavy atom. The molecule has 2 heterocycles. The normalized spacial score (nSPS) is 16.6. The predicted molar refractivity (Wildman–Crippen MR) is 108 cm³/mol. The summed E-state index contributed by atoms with van der Waals surface area (Å²) in [5.41, 5.74) is 1.20. The molecule has 1 atom stereocenters. The first-order chi connectivity index (χ1) is 13.2. The lowest BCUT2D eigenvalue weighted by molar-refractivity contribution is -0.131. The van der Waals surface area contributed by atoms with E-state index < -0.39 is 11.6 Å². The third-order valence-electron chi connectivity index (χ3n) is 4.11. The molecule has 8 heteroatoms. The average Bonchev–Trinajstić information content (AvgIpc) is 3.28. The Labute approximate surface area is 167 Å². The first-order valence-electron chi connectivity index (χ1n) is 8.98. The number of nitrogens with zero attached hydrogens (tertiary/aromatic N) is 2. The molecule has 1 aliphatic heterocycles. The van der Waals surface area contributed by atoms with Gasteiger partial charge in [-0.15, -0.1) is 11.3 Å². The van der Waals surface area contributed by atoms with Gasteiger partial charge in [0.2, 0.25) is 0 Å². The number of hydrazone groups is 1. The third-order valence-corrected chi connectivity index (χ3v) is 5.03. The van der Waals surface area contributed by atoms with Gasteiger partial charge in [-0.3, -0.25) is 4.79 Å². The Morgan fingerprint density at radius 1 is 1.25 bits per heavy atom. The summed E-state index contributed by atoms with van der Waals surface area (Å²) in [7, 11) is 0. The van der Waals surface area contributed by atoms with Crippen LogP contribution in [0.4, 0.5) is 9.18 Å². The Morgan fingerprint density at radius 2 is 1.96 bits per heavy atom. The second kappa shape index (κ2) is 8.10. The van der Waals surface area contributed by atoms with Gasteiger partial charge in [0.1, 0.15) is 12.4 Å². The predicted octanol–water partition coefficient (Wildman–Crippen LogP) is 3.66. The molecule has 28 heavy (non-hydrogen) atoms. The second-order valence-electron chi connectivity index (χ2n) is 7.59. The fourth-order valence-electron chi connectivity index (χ4n) is 2.90. The van der Waals surface area contributed by atoms with E-state index in [1.807, 2.05) is 38.3 Å². The van der Waals surface area contributed by atoms with Crippen molar-refractivity contribution in [2.75, 3.05) is 6.54 Å². The molecule has 148 valence electrons. The molecule has 0 saturated heterocycles. The van der Waals surface area contributed by atoms with Gasteiger partial charge in [-0.05, 0) is 49.9 Å². The van der Waals surface area contributed by atoms with Crippen molar-refractivity contribution >= 4 is 29.0 Å². The van der Waals surface area contributed by atoms with Crippen molar-refractivity contribution in [3.8, 4) is 0 Å². The van der Waals surface area contributed by atoms with E-state index in [1.165, 1.54) is 17.1 Å². The third kappa shape index (κ3) is 4.95. The summed E-state index contributed by atoms with van der Waals surface area (Å²) >= 11 is 1.55. The topological polar surface area (TPSA) is 73.8 Å². The van der Waals surface area contributed by atoms with Crippen molar-refractivity contribution in [2.24, 2.45) is 5.10 Å². The van der Waals surface area contributed by atoms with Crippen LogP contribution < -0.4 is 10.6 Å². The number of carbonyl (C=O) groups excluding carboxylic acids is 2. The summed E-state index contributed by atoms with van der Waals surface area (Å²) in [5.74, 6) is -0.663. The van der Waals surface area contributed by atoms with Gasteiger partial charge in [0, 0.05) is 12.0 Å². The highest BCUT2D eigenvalue weighted by atomic mass is 32.1. The van der Waals surface area contributed by atoms with Crippen molar-refractivity contribution < 1.29 is 14.0 Å². The lowest BCUT2D eigenvalue weighted by atomic mass is 10.0. The largest absolute Gasteiger partial charge is 0.334 e. The fraction of sp³-hybridized carbons (Fsp3) is 0.350. The number of rotatable bonds is 4. The van der Waals surface area contributed by atoms with Crippen LogP contribution in [-0.4, -0.2) is 34.7 Å². The molecule has 1 aromatic carbocycles. The van der Waals surface area contributed by atoms with Crippen LogP contribution in [0.5, 0.6) is 0 Å². The van der Waals surface area contributed by atoms with Crippen molar-refractivity contribution in [3.63, 3.8) is 0 Å². The van der Waals surface area contributed by atoms with E-state index in [0.29, 0.717) is 6.42 Å². The molecule has 3 rings (SSSR count). The van der Waals surface area contributed by atoms with Crippen LogP contribution in [0.25, 0.3) is 0 Å². The molecule has 0 unspecified atom stereocenters. The number of urea groups is 1. The van der Waals surface area contributed by atoms with Crippen molar-refractivity contribution in [2.45, 2.75) is 38.8 Å². The van der Waals surface area contributed by atoms with Crippen LogP contribution >= 0.6 is 11.3 Å². The molecule has 1 aliphatic rings. The molecule has 3 amide bonds. The molecule has 0 aliphatic carbocycles. The van der Waals surface area contributed by atoms with E-state index in [9.17, 15) is 14.0 Å². The van der Waals surface area contributed by atoms with E-state index in [1.54, 1.807) is 23.5 Å². The summed E-state index contributed by atoms with van der Waals surface area (Å²) in [4.78, 5) is 25.7. The van der Waals surface area contributed by atoms with Crippen LogP contribution in [0, 0.1) is 5.82 Å². The fourth-order valence-corrected chi connectivity index (χ4v) is 3.62. The zero-order chi connectivity index (χ0) is 20.3. The average molecular weight is 402 g/mol. The lowest BCUT2D eigenvalue weighted by Crippen LogP contribution is -2.49. The maximum absolute atomic E-state index is 13.3. The van der Waals surface area contributed by atoms with E-state index in [4.69, 9.17) is 0 Å².